The first kappa shape index (κ1) is 26.4. The summed E-state index contributed by atoms with van der Waals surface area (Å²) in [4.78, 5) is 41.0. The van der Waals surface area contributed by atoms with Crippen LogP contribution in [-0.2, 0) is 19.1 Å². The lowest BCUT2D eigenvalue weighted by atomic mass is 10.2. The van der Waals surface area contributed by atoms with E-state index in [0.717, 1.165) is 19.3 Å². The van der Waals surface area contributed by atoms with Crippen LogP contribution in [0.1, 0.15) is 19.3 Å². The van der Waals surface area contributed by atoms with Crippen molar-refractivity contribution in [2.24, 2.45) is 0 Å². The number of aliphatic carboxylic acids is 2. The van der Waals surface area contributed by atoms with E-state index in [9.17, 15) is 4.79 Å². The number of nitrogen functional groups attached to an aromatic ring is 1. The van der Waals surface area contributed by atoms with Crippen molar-refractivity contribution in [1.82, 2.24) is 15.3 Å². The van der Waals surface area contributed by atoms with E-state index < -0.39 is 11.9 Å². The number of carbonyl (C=O) groups is 3. The Kier molecular flexibility index (Phi) is 9.62. The number of carboxylic acid groups (broad SMARTS) is 2. The number of nitrogens with zero attached hydrogens (tertiary/aromatic N) is 3. The molecule has 0 spiro atoms. The fourth-order valence-corrected chi connectivity index (χ4v) is 3.16. The number of nitrogens with one attached hydrogen (secondary N) is 1. The molecule has 34 heavy (non-hydrogen) atoms. The third-order valence-electron chi connectivity index (χ3n) is 4.93. The smallest absolute Gasteiger partial charge is 0.414 e. The van der Waals surface area contributed by atoms with Crippen LogP contribution >= 0.6 is 0 Å². The highest BCUT2D eigenvalue weighted by Gasteiger charge is 2.23. The van der Waals surface area contributed by atoms with Gasteiger partial charge in [-0.3, -0.25) is 4.79 Å². The molecule has 0 aliphatic carbocycles. The van der Waals surface area contributed by atoms with Crippen LogP contribution in [0.4, 0.5) is 11.8 Å². The summed E-state index contributed by atoms with van der Waals surface area (Å²) < 4.78 is 16.0. The van der Waals surface area contributed by atoms with Gasteiger partial charge >= 0.3 is 11.9 Å². The summed E-state index contributed by atoms with van der Waals surface area (Å²) in [6, 6.07) is 3.55. The van der Waals surface area contributed by atoms with Crippen LogP contribution < -0.4 is 25.4 Å². The number of fused-ring (bicyclic) bond motifs is 1. The molecule has 1 unspecified atom stereocenters. The summed E-state index contributed by atoms with van der Waals surface area (Å²) in [7, 11) is 5.04. The average molecular weight is 479 g/mol. The van der Waals surface area contributed by atoms with E-state index >= 15 is 0 Å². The molecule has 13 nitrogen and oxygen atoms in total. The summed E-state index contributed by atoms with van der Waals surface area (Å²) in [6.45, 7) is 1.90. The molecular formula is C21H29N5O8. The first-order valence-electron chi connectivity index (χ1n) is 10.4. The third kappa shape index (κ3) is 7.07. The molecule has 3 rings (SSSR count). The van der Waals surface area contributed by atoms with Gasteiger partial charge in [-0.15, -0.1) is 0 Å². The maximum atomic E-state index is 12.0. The van der Waals surface area contributed by atoms with Crippen molar-refractivity contribution >= 4 is 40.5 Å². The van der Waals surface area contributed by atoms with E-state index in [0.29, 0.717) is 53.9 Å². The van der Waals surface area contributed by atoms with E-state index in [1.807, 2.05) is 11.9 Å². The highest BCUT2D eigenvalue weighted by molar-refractivity contribution is 6.27. The molecule has 1 fully saturated rings. The number of carbonyl (C=O) groups excluding carboxylic acids is 1. The molecule has 1 aliphatic heterocycles. The zero-order valence-corrected chi connectivity index (χ0v) is 19.2. The molecule has 1 atom stereocenters. The number of carboxylic acids is 2. The number of hydrogen-bond acceptors (Lipinski definition) is 10. The molecule has 2 aromatic rings. The summed E-state index contributed by atoms with van der Waals surface area (Å²) >= 11 is 0. The maximum Gasteiger partial charge on any atom is 0.414 e. The predicted octanol–water partition coefficient (Wildman–Crippen LogP) is 0.506. The number of aromatic nitrogens is 2. The largest absolute Gasteiger partial charge is 0.493 e. The highest BCUT2D eigenvalue weighted by atomic mass is 16.5. The molecule has 5 N–H and O–H groups in total. The molecule has 13 heteroatoms. The predicted molar refractivity (Wildman–Crippen MR) is 122 cm³/mol. The van der Waals surface area contributed by atoms with Crippen molar-refractivity contribution < 1.29 is 38.8 Å². The fourth-order valence-electron chi connectivity index (χ4n) is 3.16. The van der Waals surface area contributed by atoms with Gasteiger partial charge in [-0.05, 0) is 25.3 Å². The number of amides is 1. The Morgan fingerprint density at radius 3 is 2.38 bits per heavy atom. The van der Waals surface area contributed by atoms with Gasteiger partial charge in [0.15, 0.2) is 11.5 Å². The molecule has 0 radical (unpaired) electrons. The van der Waals surface area contributed by atoms with Crippen LogP contribution in [0.3, 0.4) is 0 Å². The minimum Gasteiger partial charge on any atom is -0.493 e. The number of ether oxygens (including phenoxy) is 3. The highest BCUT2D eigenvalue weighted by Crippen LogP contribution is 2.33. The van der Waals surface area contributed by atoms with Gasteiger partial charge in [-0.2, -0.15) is 4.98 Å². The summed E-state index contributed by atoms with van der Waals surface area (Å²) in [6.07, 6.45) is 2.19. The van der Waals surface area contributed by atoms with Crippen molar-refractivity contribution in [1.29, 1.82) is 0 Å². The van der Waals surface area contributed by atoms with Gasteiger partial charge in [-0.1, -0.05) is 0 Å². The second-order valence-corrected chi connectivity index (χ2v) is 7.31. The Hall–Kier alpha value is -3.87. The van der Waals surface area contributed by atoms with Gasteiger partial charge in [0.05, 0.1) is 19.7 Å². The summed E-state index contributed by atoms with van der Waals surface area (Å²) in [5.41, 5.74) is 6.81. The minimum absolute atomic E-state index is 0.0348. The van der Waals surface area contributed by atoms with Gasteiger partial charge in [-0.25, -0.2) is 14.6 Å². The van der Waals surface area contributed by atoms with E-state index in [1.165, 1.54) is 0 Å². The van der Waals surface area contributed by atoms with Crippen molar-refractivity contribution in [2.75, 3.05) is 51.6 Å². The van der Waals surface area contributed by atoms with Crippen LogP contribution in [0.25, 0.3) is 10.9 Å². The second kappa shape index (κ2) is 12.4. The molecule has 0 bridgehead atoms. The van der Waals surface area contributed by atoms with Crippen molar-refractivity contribution in [2.45, 2.75) is 25.4 Å². The Labute approximate surface area is 195 Å². The van der Waals surface area contributed by atoms with E-state index in [-0.39, 0.29) is 12.0 Å². The van der Waals surface area contributed by atoms with Gasteiger partial charge in [0.1, 0.15) is 11.9 Å². The van der Waals surface area contributed by atoms with Gasteiger partial charge in [0, 0.05) is 38.2 Å². The maximum absolute atomic E-state index is 12.0. The number of anilines is 2. The molecule has 1 amide bonds. The molecule has 186 valence electrons. The quantitative estimate of drug-likeness (QED) is 0.304. The molecule has 0 saturated carbocycles. The first-order valence-corrected chi connectivity index (χ1v) is 10.4. The van der Waals surface area contributed by atoms with E-state index in [1.54, 1.807) is 26.4 Å². The van der Waals surface area contributed by atoms with Gasteiger partial charge < -0.3 is 40.4 Å². The van der Waals surface area contributed by atoms with Gasteiger partial charge in [0.2, 0.25) is 11.9 Å². The summed E-state index contributed by atoms with van der Waals surface area (Å²) in [5.74, 6) is -1.63. The van der Waals surface area contributed by atoms with Crippen molar-refractivity contribution in [3.05, 3.63) is 12.1 Å². The molecule has 1 aliphatic rings. The molecule has 1 aromatic carbocycles. The number of rotatable bonds is 8. The number of hydrogen-bond donors (Lipinski definition) is 4. The van der Waals surface area contributed by atoms with Crippen molar-refractivity contribution in [3.8, 4) is 11.5 Å². The lowest BCUT2D eigenvalue weighted by molar-refractivity contribution is -0.159. The van der Waals surface area contributed by atoms with Crippen molar-refractivity contribution in [3.63, 3.8) is 0 Å². The summed E-state index contributed by atoms with van der Waals surface area (Å²) in [5, 5.41) is 18.4. The number of benzene rings is 1. The SMILES string of the molecule is COc1cc2nc(N(C)CCCNC(=O)C3CCCO3)nc(N)c2cc1OC.O=C(O)C(=O)O. The van der Waals surface area contributed by atoms with Crippen LogP contribution in [-0.4, -0.2) is 85.1 Å². The standard InChI is InChI=1S/C19H27N5O4.C2H2O4/c1-24(8-5-7-21-18(25)14-6-4-9-28-14)19-22-13-11-16(27-3)15(26-2)10-12(13)17(20)23-19;3-1(4)2(5)6/h10-11,14H,4-9H2,1-3H3,(H,21,25)(H2,20,22,23);(H,3,4)(H,5,6). The fraction of sp³-hybridized carbons (Fsp3) is 0.476. The Bertz CT molecular complexity index is 1010. The molecule has 1 aromatic heterocycles. The molecule has 1 saturated heterocycles. The number of nitrogens with two attached hydrogens (primary N) is 1. The van der Waals surface area contributed by atoms with Crippen LogP contribution in [0.5, 0.6) is 11.5 Å². The monoisotopic (exact) mass is 479 g/mol. The molecule has 2 heterocycles. The second-order valence-electron chi connectivity index (χ2n) is 7.31. The van der Waals surface area contributed by atoms with Crippen LogP contribution in [0, 0.1) is 0 Å². The Morgan fingerprint density at radius 2 is 1.82 bits per heavy atom. The van der Waals surface area contributed by atoms with E-state index in [4.69, 9.17) is 39.7 Å². The third-order valence-corrected chi connectivity index (χ3v) is 4.93. The minimum atomic E-state index is -1.82. The van der Waals surface area contributed by atoms with Crippen LogP contribution in [0.15, 0.2) is 12.1 Å². The lowest BCUT2D eigenvalue weighted by Gasteiger charge is -2.19. The average Bonchev–Trinajstić information content (AvgIpc) is 3.36. The zero-order chi connectivity index (χ0) is 25.3. The molecular weight excluding hydrogens is 450 g/mol. The normalized spacial score (nSPS) is 14.6. The Balaban J connectivity index is 0.000000604. The zero-order valence-electron chi connectivity index (χ0n) is 19.2. The number of methoxy groups -OCH3 is 2. The first-order chi connectivity index (χ1) is 16.2. The van der Waals surface area contributed by atoms with Gasteiger partial charge in [0.25, 0.3) is 0 Å². The van der Waals surface area contributed by atoms with E-state index in [2.05, 4.69) is 15.3 Å². The lowest BCUT2D eigenvalue weighted by Crippen LogP contribution is -2.36. The van der Waals surface area contributed by atoms with Crippen LogP contribution in [0.2, 0.25) is 0 Å². The topological polar surface area (TPSA) is 186 Å². The Morgan fingerprint density at radius 1 is 1.18 bits per heavy atom.